The lowest BCUT2D eigenvalue weighted by molar-refractivity contribution is 0.627. The zero-order chi connectivity index (χ0) is 37.9. The minimum atomic E-state index is -0.302. The van der Waals surface area contributed by atoms with Crippen molar-refractivity contribution in [3.05, 3.63) is 168 Å². The van der Waals surface area contributed by atoms with Gasteiger partial charge in [0.25, 0.3) is 0 Å². The van der Waals surface area contributed by atoms with E-state index in [1.54, 1.807) is 18.3 Å². The first-order valence-corrected chi connectivity index (χ1v) is 18.8. The van der Waals surface area contributed by atoms with Crippen LogP contribution < -0.4 is 0 Å². The molecule has 0 unspecified atom stereocenters. The van der Waals surface area contributed by atoms with Gasteiger partial charge in [-0.2, -0.15) is 0 Å². The molecule has 10 rings (SSSR count). The average Bonchev–Trinajstić information content (AvgIpc) is 3.25. The monoisotopic (exact) mass is 728 g/mol. The number of benzene rings is 6. The van der Waals surface area contributed by atoms with Crippen molar-refractivity contribution in [3.63, 3.8) is 0 Å². The molecule has 0 fully saturated rings. The van der Waals surface area contributed by atoms with Gasteiger partial charge in [-0.3, -0.25) is 9.98 Å². The number of fused-ring (bicyclic) bond motifs is 6. The van der Waals surface area contributed by atoms with Gasteiger partial charge in [0.05, 0.1) is 22.4 Å². The molecule has 9 aromatic rings. The second-order valence-corrected chi connectivity index (χ2v) is 14.5. The highest BCUT2D eigenvalue weighted by Gasteiger charge is 2.23. The van der Waals surface area contributed by atoms with Crippen molar-refractivity contribution in [2.45, 2.75) is 26.7 Å². The number of pyridine rings is 3. The number of nitrogens with zero attached hydrogens (tertiary/aromatic N) is 4. The van der Waals surface area contributed by atoms with E-state index in [4.69, 9.17) is 9.97 Å². The van der Waals surface area contributed by atoms with Crippen molar-refractivity contribution in [1.29, 1.82) is 0 Å². The number of halogens is 2. The van der Waals surface area contributed by atoms with Crippen LogP contribution in [0.1, 0.15) is 29.5 Å². The molecule has 0 saturated carbocycles. The van der Waals surface area contributed by atoms with Crippen LogP contribution >= 0.6 is 0 Å². The van der Waals surface area contributed by atoms with E-state index in [0.717, 1.165) is 118 Å². The van der Waals surface area contributed by atoms with Gasteiger partial charge < -0.3 is 0 Å². The number of aryl methyl sites for hydroxylation is 2. The molecule has 0 amide bonds. The Morgan fingerprint density at radius 2 is 1.09 bits per heavy atom. The second kappa shape index (κ2) is 13.4. The summed E-state index contributed by atoms with van der Waals surface area (Å²) in [6, 6.07) is 38.6. The van der Waals surface area contributed by atoms with E-state index in [1.165, 1.54) is 29.8 Å². The highest BCUT2D eigenvalue weighted by atomic mass is 19.1. The normalized spacial score (nSPS) is 12.9. The number of rotatable bonds is 5. The van der Waals surface area contributed by atoms with Crippen molar-refractivity contribution in [3.8, 4) is 44.8 Å². The first-order chi connectivity index (χ1) is 27.4. The molecule has 56 heavy (non-hydrogen) atoms. The van der Waals surface area contributed by atoms with Crippen molar-refractivity contribution in [2.75, 3.05) is 0 Å². The third-order valence-corrected chi connectivity index (χ3v) is 11.1. The molecule has 1 aliphatic heterocycles. The van der Waals surface area contributed by atoms with E-state index in [9.17, 15) is 8.78 Å². The van der Waals surface area contributed by atoms with Crippen LogP contribution in [0.3, 0.4) is 0 Å². The number of hydrogen-bond acceptors (Lipinski definition) is 4. The molecule has 0 radical (unpaired) electrons. The Balaban J connectivity index is 1.30. The van der Waals surface area contributed by atoms with E-state index in [1.807, 2.05) is 55.0 Å². The van der Waals surface area contributed by atoms with Gasteiger partial charge in [-0.15, -0.1) is 0 Å². The molecule has 0 saturated heterocycles. The Hall–Kier alpha value is -6.92. The van der Waals surface area contributed by atoms with E-state index in [-0.39, 0.29) is 11.6 Å². The number of allylic oxidation sites excluding steroid dienone is 1. The van der Waals surface area contributed by atoms with Crippen molar-refractivity contribution < 1.29 is 8.78 Å². The Bertz CT molecular complexity index is 3100. The lowest BCUT2D eigenvalue weighted by Crippen LogP contribution is -2.00. The van der Waals surface area contributed by atoms with Crippen LogP contribution in [0.15, 0.2) is 145 Å². The molecule has 268 valence electrons. The summed E-state index contributed by atoms with van der Waals surface area (Å²) in [7, 11) is 0. The molecule has 0 spiro atoms. The summed E-state index contributed by atoms with van der Waals surface area (Å²) in [4.78, 5) is 19.6. The third kappa shape index (κ3) is 5.64. The first kappa shape index (κ1) is 33.6. The van der Waals surface area contributed by atoms with Gasteiger partial charge in [0.1, 0.15) is 11.6 Å². The van der Waals surface area contributed by atoms with Crippen LogP contribution in [0.4, 0.5) is 8.78 Å². The summed E-state index contributed by atoms with van der Waals surface area (Å²) >= 11 is 0. The molecular formula is C50H34F2N4. The van der Waals surface area contributed by atoms with E-state index in [0.29, 0.717) is 0 Å². The minimum absolute atomic E-state index is 0.295. The standard InChI is InChI=1S/C50H34F2N4/c1-29-45-41-9-3-4-10-43(41)55-49(31-11-16-39(51)17-12-31)47(45)30(2)46-42-20-15-33(26-44(42)56-50(48(29)46)32-13-18-40(52)19-14-32)36-23-37(34-7-5-21-53-27-34)25-38(24-36)35-8-6-22-54-28-35/h3-5,7,9-28H,6,8H2,1-2H3. The summed E-state index contributed by atoms with van der Waals surface area (Å²) in [6.45, 7) is 4.30. The molecule has 0 N–H and O–H groups in total. The Labute approximate surface area is 322 Å². The average molecular weight is 729 g/mol. The zero-order valence-electron chi connectivity index (χ0n) is 30.8. The first-order valence-electron chi connectivity index (χ1n) is 18.8. The zero-order valence-corrected chi connectivity index (χ0v) is 30.8. The number of aromatic nitrogens is 3. The molecule has 0 atom stereocenters. The van der Waals surface area contributed by atoms with Gasteiger partial charge in [-0.05, 0) is 161 Å². The molecule has 0 aliphatic carbocycles. The maximum atomic E-state index is 14.4. The third-order valence-electron chi connectivity index (χ3n) is 11.1. The summed E-state index contributed by atoms with van der Waals surface area (Å²) in [5.41, 5.74) is 13.5. The molecular weight excluding hydrogens is 695 g/mol. The molecule has 6 heteroatoms. The van der Waals surface area contributed by atoms with Gasteiger partial charge in [-0.25, -0.2) is 18.7 Å². The fraction of sp³-hybridized carbons (Fsp3) is 0.0800. The molecule has 3 aromatic heterocycles. The van der Waals surface area contributed by atoms with E-state index < -0.39 is 0 Å². The lowest BCUT2D eigenvalue weighted by Gasteiger charge is -2.21. The molecule has 0 bridgehead atoms. The SMILES string of the molecule is Cc1c2c(-c3ccc(F)cc3)nc3cc(-c4cc(C5=CN=CCC5)cc(-c5cccnc5)c4)ccc3c2c(C)c2c(-c3ccc(F)cc3)nc3ccccc3c12. The van der Waals surface area contributed by atoms with Gasteiger partial charge in [0, 0.05) is 63.0 Å². The highest BCUT2D eigenvalue weighted by molar-refractivity contribution is 6.25. The van der Waals surface area contributed by atoms with E-state index in [2.05, 4.69) is 72.4 Å². The van der Waals surface area contributed by atoms with Crippen molar-refractivity contribution >= 4 is 55.1 Å². The summed E-state index contributed by atoms with van der Waals surface area (Å²) in [5.74, 6) is -0.598. The molecule has 1 aliphatic rings. The quantitative estimate of drug-likeness (QED) is 0.131. The van der Waals surface area contributed by atoms with E-state index >= 15 is 0 Å². The maximum Gasteiger partial charge on any atom is 0.123 e. The predicted octanol–water partition coefficient (Wildman–Crippen LogP) is 13.3. The van der Waals surface area contributed by atoms with Crippen LogP contribution in [0.5, 0.6) is 0 Å². The van der Waals surface area contributed by atoms with Gasteiger partial charge in [0.2, 0.25) is 0 Å². The van der Waals surface area contributed by atoms with Crippen LogP contribution in [-0.4, -0.2) is 21.2 Å². The fourth-order valence-electron chi connectivity index (χ4n) is 8.45. The van der Waals surface area contributed by atoms with Gasteiger partial charge >= 0.3 is 0 Å². The van der Waals surface area contributed by atoms with Crippen molar-refractivity contribution in [1.82, 2.24) is 15.0 Å². The largest absolute Gasteiger partial charge is 0.269 e. The Morgan fingerprint density at radius 1 is 0.500 bits per heavy atom. The molecule has 6 aromatic carbocycles. The van der Waals surface area contributed by atoms with Gasteiger partial charge in [0.15, 0.2) is 0 Å². The second-order valence-electron chi connectivity index (χ2n) is 14.5. The lowest BCUT2D eigenvalue weighted by atomic mass is 9.85. The van der Waals surface area contributed by atoms with Gasteiger partial charge in [-0.1, -0.05) is 36.4 Å². The topological polar surface area (TPSA) is 51.0 Å². The molecule has 4 nitrogen and oxygen atoms in total. The maximum absolute atomic E-state index is 14.4. The molecule has 4 heterocycles. The van der Waals surface area contributed by atoms with Crippen LogP contribution in [0.2, 0.25) is 0 Å². The van der Waals surface area contributed by atoms with Crippen LogP contribution in [0, 0.1) is 25.5 Å². The van der Waals surface area contributed by atoms with Crippen LogP contribution in [-0.2, 0) is 0 Å². The highest BCUT2D eigenvalue weighted by Crippen LogP contribution is 2.46. The Morgan fingerprint density at radius 3 is 1.71 bits per heavy atom. The smallest absolute Gasteiger partial charge is 0.123 e. The summed E-state index contributed by atoms with van der Waals surface area (Å²) in [6.07, 6.45) is 9.43. The Kier molecular flexibility index (Phi) is 8.07. The number of aliphatic imine (C=N–C) groups is 1. The predicted molar refractivity (Wildman–Crippen MR) is 227 cm³/mol. The van der Waals surface area contributed by atoms with Crippen molar-refractivity contribution in [2.24, 2.45) is 4.99 Å². The summed E-state index contributed by atoms with van der Waals surface area (Å²) < 4.78 is 28.7. The number of para-hydroxylation sites is 1. The number of hydrogen-bond donors (Lipinski definition) is 0. The fourth-order valence-corrected chi connectivity index (χ4v) is 8.45. The summed E-state index contributed by atoms with van der Waals surface area (Å²) in [5, 5.41) is 6.18. The van der Waals surface area contributed by atoms with Crippen LogP contribution in [0.25, 0.3) is 93.7 Å². The minimum Gasteiger partial charge on any atom is -0.269 e.